The van der Waals surface area contributed by atoms with E-state index in [-0.39, 0.29) is 18.2 Å². The fourth-order valence-electron chi connectivity index (χ4n) is 0.988. The van der Waals surface area contributed by atoms with Crippen LogP contribution < -0.4 is 5.32 Å². The zero-order valence-electron chi connectivity index (χ0n) is 8.91. The second kappa shape index (κ2) is 5.98. The van der Waals surface area contributed by atoms with Gasteiger partial charge in [0, 0.05) is 13.6 Å². The highest BCUT2D eigenvalue weighted by molar-refractivity contribution is 7.89. The Morgan fingerprint density at radius 3 is 2.29 bits per heavy atom. The first-order valence-corrected chi connectivity index (χ1v) is 6.27. The third kappa shape index (κ3) is 4.06. The number of likely N-dealkylation sites (N-methyl/N-ethyl adjacent to an activating group) is 1. The van der Waals surface area contributed by atoms with E-state index in [4.69, 9.17) is 0 Å². The number of rotatable bonds is 6. The maximum atomic E-state index is 11.5. The molecule has 0 saturated carbocycles. The van der Waals surface area contributed by atoms with Crippen LogP contribution in [0.2, 0.25) is 0 Å². The standard InChI is InChI=1S/C8H18N2O3S/c1-4-6-10(7-8(11)9-3)14(12,13)5-2/h4-7H2,1-3H3,(H,9,11). The molecule has 0 unspecified atom stereocenters. The zero-order valence-corrected chi connectivity index (χ0v) is 9.73. The fraction of sp³-hybridized carbons (Fsp3) is 0.875. The summed E-state index contributed by atoms with van der Waals surface area (Å²) in [5.41, 5.74) is 0. The molecule has 0 aliphatic rings. The molecule has 84 valence electrons. The number of sulfonamides is 1. The molecule has 0 rings (SSSR count). The van der Waals surface area contributed by atoms with Gasteiger partial charge in [0.15, 0.2) is 0 Å². The average molecular weight is 222 g/mol. The van der Waals surface area contributed by atoms with Crippen molar-refractivity contribution in [2.45, 2.75) is 20.3 Å². The van der Waals surface area contributed by atoms with Gasteiger partial charge >= 0.3 is 0 Å². The quantitative estimate of drug-likeness (QED) is 0.676. The van der Waals surface area contributed by atoms with E-state index < -0.39 is 10.0 Å². The lowest BCUT2D eigenvalue weighted by Crippen LogP contribution is -2.40. The Kier molecular flexibility index (Phi) is 5.71. The maximum absolute atomic E-state index is 11.5. The highest BCUT2D eigenvalue weighted by Gasteiger charge is 2.20. The number of amides is 1. The van der Waals surface area contributed by atoms with Crippen LogP contribution in [0.25, 0.3) is 0 Å². The summed E-state index contributed by atoms with van der Waals surface area (Å²) in [5, 5.41) is 2.40. The Hall–Kier alpha value is -0.620. The predicted octanol–water partition coefficient (Wildman–Crippen LogP) is -0.206. The Morgan fingerprint density at radius 2 is 1.93 bits per heavy atom. The largest absolute Gasteiger partial charge is 0.358 e. The molecule has 0 aromatic heterocycles. The van der Waals surface area contributed by atoms with Crippen molar-refractivity contribution in [2.75, 3.05) is 25.9 Å². The van der Waals surface area contributed by atoms with Gasteiger partial charge in [-0.05, 0) is 13.3 Å². The van der Waals surface area contributed by atoms with Gasteiger partial charge in [-0.2, -0.15) is 4.31 Å². The van der Waals surface area contributed by atoms with Crippen LogP contribution in [-0.4, -0.2) is 44.5 Å². The van der Waals surface area contributed by atoms with Crippen LogP contribution >= 0.6 is 0 Å². The summed E-state index contributed by atoms with van der Waals surface area (Å²) in [6.45, 7) is 3.76. The average Bonchev–Trinajstić information content (AvgIpc) is 2.17. The summed E-state index contributed by atoms with van der Waals surface area (Å²) in [4.78, 5) is 11.0. The summed E-state index contributed by atoms with van der Waals surface area (Å²) in [5.74, 6) is -0.250. The van der Waals surface area contributed by atoms with Crippen molar-refractivity contribution in [1.82, 2.24) is 9.62 Å². The SMILES string of the molecule is CCCN(CC(=O)NC)S(=O)(=O)CC. The van der Waals surface area contributed by atoms with Gasteiger partial charge in [-0.15, -0.1) is 0 Å². The van der Waals surface area contributed by atoms with E-state index in [1.807, 2.05) is 6.92 Å². The lowest BCUT2D eigenvalue weighted by molar-refractivity contribution is -0.120. The predicted molar refractivity (Wildman–Crippen MR) is 55.4 cm³/mol. The zero-order chi connectivity index (χ0) is 11.2. The molecule has 0 aliphatic carbocycles. The van der Waals surface area contributed by atoms with Crippen molar-refractivity contribution in [1.29, 1.82) is 0 Å². The van der Waals surface area contributed by atoms with Crippen LogP contribution in [0.4, 0.5) is 0 Å². The molecule has 0 aliphatic heterocycles. The van der Waals surface area contributed by atoms with Gasteiger partial charge in [0.05, 0.1) is 12.3 Å². The first-order valence-electron chi connectivity index (χ1n) is 4.66. The van der Waals surface area contributed by atoms with Crippen molar-refractivity contribution in [2.24, 2.45) is 0 Å². The van der Waals surface area contributed by atoms with Crippen molar-refractivity contribution < 1.29 is 13.2 Å². The van der Waals surface area contributed by atoms with Crippen molar-refractivity contribution in [3.8, 4) is 0 Å². The molecule has 1 amide bonds. The first-order chi connectivity index (χ1) is 6.47. The smallest absolute Gasteiger partial charge is 0.235 e. The van der Waals surface area contributed by atoms with Crippen LogP contribution in [0.15, 0.2) is 0 Å². The molecule has 0 fully saturated rings. The molecule has 5 nitrogen and oxygen atoms in total. The summed E-state index contributed by atoms with van der Waals surface area (Å²) >= 11 is 0. The summed E-state index contributed by atoms with van der Waals surface area (Å²) < 4.78 is 24.2. The van der Waals surface area contributed by atoms with E-state index in [0.717, 1.165) is 0 Å². The third-order valence-electron chi connectivity index (χ3n) is 1.83. The molecule has 6 heteroatoms. The molecule has 0 spiro atoms. The van der Waals surface area contributed by atoms with Gasteiger partial charge in [0.25, 0.3) is 0 Å². The monoisotopic (exact) mass is 222 g/mol. The molecular formula is C8H18N2O3S. The van der Waals surface area contributed by atoms with Crippen LogP contribution in [0, 0.1) is 0 Å². The molecule has 0 radical (unpaired) electrons. The van der Waals surface area contributed by atoms with Gasteiger partial charge in [0.1, 0.15) is 0 Å². The molecule has 0 aromatic rings. The molecule has 0 atom stereocenters. The molecule has 0 saturated heterocycles. The van der Waals surface area contributed by atoms with E-state index >= 15 is 0 Å². The second-order valence-electron chi connectivity index (χ2n) is 2.91. The van der Waals surface area contributed by atoms with Gasteiger partial charge in [-0.25, -0.2) is 8.42 Å². The molecule has 0 aromatic carbocycles. The highest BCUT2D eigenvalue weighted by Crippen LogP contribution is 2.02. The van der Waals surface area contributed by atoms with Gasteiger partial charge in [-0.3, -0.25) is 4.79 Å². The minimum atomic E-state index is -3.26. The van der Waals surface area contributed by atoms with Crippen LogP contribution in [0.5, 0.6) is 0 Å². The summed E-state index contributed by atoms with van der Waals surface area (Å²) in [7, 11) is -1.76. The van der Waals surface area contributed by atoms with E-state index in [2.05, 4.69) is 5.32 Å². The minimum absolute atomic E-state index is 0.0317. The number of nitrogens with zero attached hydrogens (tertiary/aromatic N) is 1. The van der Waals surface area contributed by atoms with Crippen LogP contribution in [0.1, 0.15) is 20.3 Å². The number of hydrogen-bond acceptors (Lipinski definition) is 3. The van der Waals surface area contributed by atoms with Gasteiger partial charge in [0.2, 0.25) is 15.9 Å². The molecular weight excluding hydrogens is 204 g/mol. The normalized spacial score (nSPS) is 11.7. The number of hydrogen-bond donors (Lipinski definition) is 1. The Balaban J connectivity index is 4.52. The fourth-order valence-corrected chi connectivity index (χ4v) is 2.13. The summed E-state index contributed by atoms with van der Waals surface area (Å²) in [6.07, 6.45) is 0.705. The first kappa shape index (κ1) is 13.4. The van der Waals surface area contributed by atoms with Gasteiger partial charge < -0.3 is 5.32 Å². The molecule has 14 heavy (non-hydrogen) atoms. The molecule has 1 N–H and O–H groups in total. The highest BCUT2D eigenvalue weighted by atomic mass is 32.2. The molecule has 0 bridgehead atoms. The Bertz CT molecular complexity index is 274. The lowest BCUT2D eigenvalue weighted by atomic mass is 10.4. The van der Waals surface area contributed by atoms with Crippen molar-refractivity contribution >= 4 is 15.9 Å². The van der Waals surface area contributed by atoms with E-state index in [9.17, 15) is 13.2 Å². The third-order valence-corrected chi connectivity index (χ3v) is 3.66. The van der Waals surface area contributed by atoms with E-state index in [1.54, 1.807) is 6.92 Å². The Labute approximate surface area is 85.5 Å². The van der Waals surface area contributed by atoms with Crippen molar-refractivity contribution in [3.63, 3.8) is 0 Å². The summed E-state index contributed by atoms with van der Waals surface area (Å²) in [6, 6.07) is 0. The van der Waals surface area contributed by atoms with Crippen molar-refractivity contribution in [3.05, 3.63) is 0 Å². The lowest BCUT2D eigenvalue weighted by Gasteiger charge is -2.19. The Morgan fingerprint density at radius 1 is 1.36 bits per heavy atom. The van der Waals surface area contributed by atoms with Crippen LogP contribution in [-0.2, 0) is 14.8 Å². The van der Waals surface area contributed by atoms with Crippen LogP contribution in [0.3, 0.4) is 0 Å². The number of nitrogens with one attached hydrogen (secondary N) is 1. The topological polar surface area (TPSA) is 66.5 Å². The number of carbonyl (C=O) groups excluding carboxylic acids is 1. The maximum Gasteiger partial charge on any atom is 0.235 e. The van der Waals surface area contributed by atoms with Gasteiger partial charge in [-0.1, -0.05) is 6.92 Å². The second-order valence-corrected chi connectivity index (χ2v) is 5.16. The van der Waals surface area contributed by atoms with E-state index in [1.165, 1.54) is 11.4 Å². The minimum Gasteiger partial charge on any atom is -0.358 e. The van der Waals surface area contributed by atoms with E-state index in [0.29, 0.717) is 13.0 Å². The number of carbonyl (C=O) groups is 1. The molecule has 0 heterocycles.